The highest BCUT2D eigenvalue weighted by Gasteiger charge is 2.45. The second kappa shape index (κ2) is 5.26. The molecule has 3 nitrogen and oxygen atoms in total. The van der Waals surface area contributed by atoms with Crippen LogP contribution in [0.5, 0.6) is 0 Å². The molecule has 14 heavy (non-hydrogen) atoms. The lowest BCUT2D eigenvalue weighted by Gasteiger charge is -2.43. The van der Waals surface area contributed by atoms with Crippen molar-refractivity contribution >= 4 is 8.72 Å². The van der Waals surface area contributed by atoms with Crippen LogP contribution in [0.3, 0.4) is 0 Å². The first-order chi connectivity index (χ1) is 6.34. The van der Waals surface area contributed by atoms with E-state index in [1.165, 1.54) is 0 Å². The highest BCUT2D eigenvalue weighted by Crippen LogP contribution is 2.25. The summed E-state index contributed by atoms with van der Waals surface area (Å²) in [6, 6.07) is 1.01. The van der Waals surface area contributed by atoms with E-state index in [1.54, 1.807) is 14.2 Å². The fourth-order valence-corrected chi connectivity index (χ4v) is 4.67. The predicted octanol–water partition coefficient (Wildman–Crippen LogP) is 2.36. The topological polar surface area (TPSA) is 21.7 Å². The molecule has 0 aromatic rings. The fourth-order valence-electron chi connectivity index (χ4n) is 1.56. The summed E-state index contributed by atoms with van der Waals surface area (Å²) in [5.74, 6) is 0. The maximum Gasteiger partial charge on any atom is 0.427 e. The number of hydrogen-bond acceptors (Lipinski definition) is 3. The summed E-state index contributed by atoms with van der Waals surface area (Å²) in [5.41, 5.74) is 0.0907. The van der Waals surface area contributed by atoms with E-state index < -0.39 is 8.72 Å². The van der Waals surface area contributed by atoms with Gasteiger partial charge in [-0.05, 0) is 27.8 Å². The van der Waals surface area contributed by atoms with Gasteiger partial charge in [-0.1, -0.05) is 13.3 Å². The van der Waals surface area contributed by atoms with E-state index in [-0.39, 0.29) is 5.54 Å². The molecule has 0 aromatic carbocycles. The second-order valence-electron chi connectivity index (χ2n) is 4.60. The monoisotopic (exact) mass is 219 g/mol. The van der Waals surface area contributed by atoms with Crippen molar-refractivity contribution in [2.75, 3.05) is 21.3 Å². The molecule has 0 saturated carbocycles. The molecule has 0 aliphatic carbocycles. The van der Waals surface area contributed by atoms with Crippen molar-refractivity contribution < 1.29 is 8.85 Å². The van der Waals surface area contributed by atoms with Crippen LogP contribution < -0.4 is 0 Å². The minimum atomic E-state index is -2.15. The quantitative estimate of drug-likeness (QED) is 0.663. The molecule has 0 radical (unpaired) electrons. The third-order valence-corrected chi connectivity index (χ3v) is 6.82. The van der Waals surface area contributed by atoms with Gasteiger partial charge in [0.1, 0.15) is 0 Å². The lowest BCUT2D eigenvalue weighted by Crippen LogP contribution is -2.62. The van der Waals surface area contributed by atoms with E-state index in [9.17, 15) is 0 Å². The van der Waals surface area contributed by atoms with Gasteiger partial charge < -0.3 is 8.85 Å². The zero-order valence-corrected chi connectivity index (χ0v) is 11.7. The Morgan fingerprint density at radius 3 is 1.79 bits per heavy atom. The molecule has 0 unspecified atom stereocenters. The van der Waals surface area contributed by atoms with Crippen molar-refractivity contribution in [1.29, 1.82) is 0 Å². The molecule has 0 bridgehead atoms. The van der Waals surface area contributed by atoms with Gasteiger partial charge in [0.25, 0.3) is 0 Å². The minimum absolute atomic E-state index is 0.0907. The van der Waals surface area contributed by atoms with Gasteiger partial charge in [0, 0.05) is 25.8 Å². The third kappa shape index (κ3) is 3.05. The summed E-state index contributed by atoms with van der Waals surface area (Å²) in [7, 11) is 3.46. The molecule has 0 aliphatic rings. The highest BCUT2D eigenvalue weighted by atomic mass is 28.4. The predicted molar refractivity (Wildman–Crippen MR) is 62.4 cm³/mol. The van der Waals surface area contributed by atoms with Crippen LogP contribution in [-0.4, -0.2) is 40.1 Å². The van der Waals surface area contributed by atoms with E-state index in [0.29, 0.717) is 0 Å². The smallest absolute Gasteiger partial charge is 0.386 e. The largest absolute Gasteiger partial charge is 0.427 e. The van der Waals surface area contributed by atoms with Gasteiger partial charge in [0.05, 0.1) is 0 Å². The van der Waals surface area contributed by atoms with Gasteiger partial charge in [-0.15, -0.1) is 0 Å². The zero-order chi connectivity index (χ0) is 11.4. The average Bonchev–Trinajstić information content (AvgIpc) is 2.12. The standard InChI is InChI=1S/C10H25NO2Si/c1-8-9-14(12-6,13-7)11(5)10(2,3)4/h8-9H2,1-7H3. The van der Waals surface area contributed by atoms with Crippen molar-refractivity contribution in [3.63, 3.8) is 0 Å². The van der Waals surface area contributed by atoms with Crippen LogP contribution in [-0.2, 0) is 8.85 Å². The Labute approximate surface area is 89.7 Å². The Bertz CT molecular complexity index is 164. The molecule has 0 heterocycles. The van der Waals surface area contributed by atoms with E-state index >= 15 is 0 Å². The van der Waals surface area contributed by atoms with Crippen molar-refractivity contribution in [2.45, 2.75) is 45.7 Å². The van der Waals surface area contributed by atoms with E-state index in [0.717, 1.165) is 12.5 Å². The van der Waals surface area contributed by atoms with Crippen molar-refractivity contribution in [3.8, 4) is 0 Å². The van der Waals surface area contributed by atoms with Crippen LogP contribution in [0.2, 0.25) is 6.04 Å². The third-order valence-electron chi connectivity index (χ3n) is 2.72. The lowest BCUT2D eigenvalue weighted by molar-refractivity contribution is 0.126. The molecule has 0 amide bonds. The summed E-state index contributed by atoms with van der Waals surface area (Å²) < 4.78 is 13.6. The van der Waals surface area contributed by atoms with Gasteiger partial charge in [-0.3, -0.25) is 4.57 Å². The molecule has 0 aromatic heterocycles. The normalized spacial score (nSPS) is 13.7. The van der Waals surface area contributed by atoms with Crippen molar-refractivity contribution in [2.24, 2.45) is 0 Å². The molecule has 0 rings (SSSR count). The van der Waals surface area contributed by atoms with Crippen LogP contribution >= 0.6 is 0 Å². The molecule has 0 atom stereocenters. The van der Waals surface area contributed by atoms with E-state index in [4.69, 9.17) is 8.85 Å². The fraction of sp³-hybridized carbons (Fsp3) is 1.00. The van der Waals surface area contributed by atoms with Gasteiger partial charge in [0.2, 0.25) is 0 Å². The van der Waals surface area contributed by atoms with E-state index in [1.807, 2.05) is 0 Å². The molecule has 4 heteroatoms. The SMILES string of the molecule is CCC[Si](OC)(OC)N(C)C(C)(C)C. The Morgan fingerprint density at radius 1 is 1.14 bits per heavy atom. The maximum absolute atomic E-state index is 5.66. The molecule has 0 N–H and O–H groups in total. The first-order valence-electron chi connectivity index (χ1n) is 5.18. The van der Waals surface area contributed by atoms with Gasteiger partial charge in [-0.2, -0.15) is 0 Å². The summed E-state index contributed by atoms with van der Waals surface area (Å²) in [5, 5.41) is 0. The lowest BCUT2D eigenvalue weighted by atomic mass is 10.1. The molecule has 86 valence electrons. The summed E-state index contributed by atoms with van der Waals surface area (Å²) in [6.45, 7) is 8.71. The Hall–Kier alpha value is 0.0969. The van der Waals surface area contributed by atoms with Gasteiger partial charge in [-0.25, -0.2) is 0 Å². The molecular weight excluding hydrogens is 194 g/mol. The van der Waals surface area contributed by atoms with Gasteiger partial charge >= 0.3 is 8.72 Å². The van der Waals surface area contributed by atoms with Crippen LogP contribution in [0.4, 0.5) is 0 Å². The first-order valence-corrected chi connectivity index (χ1v) is 7.15. The molecule has 0 saturated heterocycles. The number of nitrogens with zero attached hydrogens (tertiary/aromatic N) is 1. The zero-order valence-electron chi connectivity index (χ0n) is 10.7. The Balaban J connectivity index is 4.79. The summed E-state index contributed by atoms with van der Waals surface area (Å²) in [4.78, 5) is 0. The van der Waals surface area contributed by atoms with Crippen LogP contribution in [0, 0.1) is 0 Å². The van der Waals surface area contributed by atoms with Crippen LogP contribution in [0.25, 0.3) is 0 Å². The summed E-state index contributed by atoms with van der Waals surface area (Å²) in [6.07, 6.45) is 1.09. The van der Waals surface area contributed by atoms with E-state index in [2.05, 4.69) is 39.3 Å². The average molecular weight is 219 g/mol. The Kier molecular flexibility index (Phi) is 5.29. The van der Waals surface area contributed by atoms with Gasteiger partial charge in [0.15, 0.2) is 0 Å². The van der Waals surface area contributed by atoms with Crippen molar-refractivity contribution in [3.05, 3.63) is 0 Å². The molecule has 0 fully saturated rings. The molecule has 0 aliphatic heterocycles. The summed E-state index contributed by atoms with van der Waals surface area (Å²) >= 11 is 0. The maximum atomic E-state index is 5.66. The van der Waals surface area contributed by atoms with Crippen LogP contribution in [0.15, 0.2) is 0 Å². The minimum Gasteiger partial charge on any atom is -0.386 e. The highest BCUT2D eigenvalue weighted by molar-refractivity contribution is 6.64. The number of hydrogen-bond donors (Lipinski definition) is 0. The van der Waals surface area contributed by atoms with Crippen LogP contribution in [0.1, 0.15) is 34.1 Å². The number of rotatable bonds is 5. The molecular formula is C10H25NO2Si. The first kappa shape index (κ1) is 14.1. The molecule has 0 spiro atoms. The Morgan fingerprint density at radius 2 is 1.57 bits per heavy atom. The van der Waals surface area contributed by atoms with Crippen molar-refractivity contribution in [1.82, 2.24) is 4.57 Å². The second-order valence-corrected chi connectivity index (χ2v) is 8.01.